The third-order valence-electron chi connectivity index (χ3n) is 4.07. The van der Waals surface area contributed by atoms with E-state index >= 15 is 0 Å². The summed E-state index contributed by atoms with van der Waals surface area (Å²) in [4.78, 5) is 25.2. The zero-order valence-corrected chi connectivity index (χ0v) is 17.2. The van der Waals surface area contributed by atoms with Gasteiger partial charge in [0, 0.05) is 6.42 Å². The zero-order chi connectivity index (χ0) is 20.3. The van der Waals surface area contributed by atoms with E-state index in [0.29, 0.717) is 6.42 Å². The molecule has 0 aliphatic rings. The maximum Gasteiger partial charge on any atom is 0.397 e. The number of hydrogen-bond acceptors (Lipinski definition) is 3. The molecule has 0 fully saturated rings. The molecule has 0 aromatic heterocycles. The van der Waals surface area contributed by atoms with Gasteiger partial charge in [0.2, 0.25) is 0 Å². The minimum Gasteiger partial charge on any atom is -0.481 e. The van der Waals surface area contributed by atoms with Crippen LogP contribution in [-0.4, -0.2) is 32.1 Å². The predicted molar refractivity (Wildman–Crippen MR) is 105 cm³/mol. The minimum absolute atomic E-state index is 0.0853. The van der Waals surface area contributed by atoms with Crippen molar-refractivity contribution in [1.29, 1.82) is 0 Å². The first-order valence-electron chi connectivity index (χ1n) is 9.90. The van der Waals surface area contributed by atoms with Crippen LogP contribution in [0.2, 0.25) is 0 Å². The second-order valence-corrected chi connectivity index (χ2v) is 8.03. The van der Waals surface area contributed by atoms with E-state index in [2.05, 4.69) is 12.4 Å². The first kappa shape index (κ1) is 27.8. The number of aliphatic carboxylic acids is 1. The molecular weight excluding hydrogens is 357 g/mol. The van der Waals surface area contributed by atoms with E-state index in [0.717, 1.165) is 38.5 Å². The van der Waals surface area contributed by atoms with Crippen LogP contribution in [0, 0.1) is 0 Å². The van der Waals surface area contributed by atoms with E-state index in [1.807, 2.05) is 0 Å². The Morgan fingerprint density at radius 1 is 0.846 bits per heavy atom. The molecule has 26 heavy (non-hydrogen) atoms. The summed E-state index contributed by atoms with van der Waals surface area (Å²) in [5.74, 6) is -0.678. The molecular formula is C18H40NO6P. The van der Waals surface area contributed by atoms with Gasteiger partial charge in [-0.05, 0) is 19.3 Å². The van der Waals surface area contributed by atoms with Crippen LogP contribution in [0.25, 0.3) is 0 Å². The summed E-state index contributed by atoms with van der Waals surface area (Å²) < 4.78 is 9.10. The fourth-order valence-corrected chi connectivity index (χ4v) is 2.67. The standard InChI is InChI=1S/C18H36O3.H4NO3P/c1-2-3-4-11-14-17(19)15-12-9-7-5-6-8-10-13-16-18(20)21;1-5(2,3)4/h17,19H,2-16H2,1H3,(H,20,21);(H4,1,2,3,4). The maximum absolute atomic E-state index is 10.3. The number of carboxylic acid groups (broad SMARTS) is 1. The van der Waals surface area contributed by atoms with Crippen LogP contribution in [-0.2, 0) is 9.36 Å². The molecule has 8 heteroatoms. The highest BCUT2D eigenvalue weighted by Gasteiger charge is 2.03. The SMILES string of the molecule is CCCCCCC(O)CCCCCCCCCCC(=O)O.NP(=O)(O)O. The summed E-state index contributed by atoms with van der Waals surface area (Å²) in [6.45, 7) is 2.21. The zero-order valence-electron chi connectivity index (χ0n) is 16.3. The summed E-state index contributed by atoms with van der Waals surface area (Å²) >= 11 is 0. The van der Waals surface area contributed by atoms with Gasteiger partial charge in [-0.25, -0.2) is 10.1 Å². The Morgan fingerprint density at radius 2 is 1.19 bits per heavy atom. The highest BCUT2D eigenvalue weighted by molar-refractivity contribution is 7.49. The van der Waals surface area contributed by atoms with Crippen LogP contribution in [0.3, 0.4) is 0 Å². The average Bonchev–Trinajstić information content (AvgIpc) is 2.51. The molecule has 0 spiro atoms. The highest BCUT2D eigenvalue weighted by atomic mass is 31.2. The second-order valence-electron chi connectivity index (χ2n) is 6.85. The van der Waals surface area contributed by atoms with Crippen LogP contribution in [0.1, 0.15) is 103 Å². The Labute approximate surface area is 158 Å². The number of carbonyl (C=O) groups is 1. The maximum atomic E-state index is 10.3. The summed E-state index contributed by atoms with van der Waals surface area (Å²) in [5.41, 5.74) is 4.02. The molecule has 0 amide bonds. The van der Waals surface area contributed by atoms with Gasteiger partial charge in [0.05, 0.1) is 6.10 Å². The predicted octanol–water partition coefficient (Wildman–Crippen LogP) is 4.34. The first-order valence-corrected chi connectivity index (χ1v) is 11.6. The van der Waals surface area contributed by atoms with E-state index < -0.39 is 13.7 Å². The first-order chi connectivity index (χ1) is 12.2. The molecule has 1 unspecified atom stereocenters. The van der Waals surface area contributed by atoms with Crippen molar-refractivity contribution < 1.29 is 29.4 Å². The van der Waals surface area contributed by atoms with E-state index in [1.54, 1.807) is 0 Å². The van der Waals surface area contributed by atoms with Gasteiger partial charge >= 0.3 is 13.7 Å². The van der Waals surface area contributed by atoms with Crippen molar-refractivity contribution in [2.45, 2.75) is 109 Å². The fourth-order valence-electron chi connectivity index (χ4n) is 2.67. The number of hydrogen-bond donors (Lipinski definition) is 5. The third kappa shape index (κ3) is 34.8. The highest BCUT2D eigenvalue weighted by Crippen LogP contribution is 2.20. The number of nitrogens with two attached hydrogens (primary N) is 1. The van der Waals surface area contributed by atoms with E-state index in [9.17, 15) is 9.90 Å². The van der Waals surface area contributed by atoms with Crippen LogP contribution in [0.5, 0.6) is 0 Å². The van der Waals surface area contributed by atoms with Gasteiger partial charge in [0.25, 0.3) is 0 Å². The third-order valence-corrected chi connectivity index (χ3v) is 4.07. The van der Waals surface area contributed by atoms with Gasteiger partial charge in [-0.3, -0.25) is 4.79 Å². The van der Waals surface area contributed by atoms with Gasteiger partial charge in [-0.1, -0.05) is 77.6 Å². The molecule has 0 saturated carbocycles. The smallest absolute Gasteiger partial charge is 0.397 e. The summed E-state index contributed by atoms with van der Waals surface area (Å²) in [7, 11) is -4.14. The molecule has 0 aromatic carbocycles. The van der Waals surface area contributed by atoms with Crippen molar-refractivity contribution in [3.63, 3.8) is 0 Å². The van der Waals surface area contributed by atoms with Crippen molar-refractivity contribution in [2.75, 3.05) is 0 Å². The monoisotopic (exact) mass is 397 g/mol. The lowest BCUT2D eigenvalue weighted by Gasteiger charge is -2.10. The summed E-state index contributed by atoms with van der Waals surface area (Å²) in [6, 6.07) is 0. The van der Waals surface area contributed by atoms with E-state index in [-0.39, 0.29) is 6.10 Å². The molecule has 0 aromatic rings. The molecule has 1 atom stereocenters. The van der Waals surface area contributed by atoms with Gasteiger partial charge in [0.1, 0.15) is 0 Å². The van der Waals surface area contributed by atoms with Crippen molar-refractivity contribution in [3.05, 3.63) is 0 Å². The topological polar surface area (TPSA) is 141 Å². The van der Waals surface area contributed by atoms with Crippen molar-refractivity contribution in [2.24, 2.45) is 5.50 Å². The number of aliphatic hydroxyl groups excluding tert-OH is 1. The molecule has 0 aliphatic heterocycles. The van der Waals surface area contributed by atoms with Gasteiger partial charge in [-0.15, -0.1) is 0 Å². The quantitative estimate of drug-likeness (QED) is 0.193. The number of aliphatic hydroxyl groups is 1. The van der Waals surface area contributed by atoms with E-state index in [1.165, 1.54) is 51.4 Å². The molecule has 6 N–H and O–H groups in total. The molecule has 0 heterocycles. The molecule has 0 bridgehead atoms. The number of unbranched alkanes of at least 4 members (excludes halogenated alkanes) is 10. The van der Waals surface area contributed by atoms with E-state index in [4.69, 9.17) is 19.5 Å². The van der Waals surface area contributed by atoms with Crippen LogP contribution < -0.4 is 5.50 Å². The lowest BCUT2D eigenvalue weighted by Crippen LogP contribution is -2.05. The molecule has 0 radical (unpaired) electrons. The number of carboxylic acids is 1. The van der Waals surface area contributed by atoms with Crippen LogP contribution in [0.4, 0.5) is 0 Å². The lowest BCUT2D eigenvalue weighted by atomic mass is 10.0. The Morgan fingerprint density at radius 3 is 1.58 bits per heavy atom. The largest absolute Gasteiger partial charge is 0.481 e. The lowest BCUT2D eigenvalue weighted by molar-refractivity contribution is -0.137. The molecule has 158 valence electrons. The Kier molecular flexibility index (Phi) is 20.6. The Bertz CT molecular complexity index is 353. The minimum atomic E-state index is -4.14. The van der Waals surface area contributed by atoms with Gasteiger partial charge in [0.15, 0.2) is 0 Å². The van der Waals surface area contributed by atoms with Crippen molar-refractivity contribution in [3.8, 4) is 0 Å². The average molecular weight is 397 g/mol. The van der Waals surface area contributed by atoms with Gasteiger partial charge < -0.3 is 20.0 Å². The fraction of sp³-hybridized carbons (Fsp3) is 0.944. The van der Waals surface area contributed by atoms with Gasteiger partial charge in [-0.2, -0.15) is 0 Å². The molecule has 0 aliphatic carbocycles. The summed E-state index contributed by atoms with van der Waals surface area (Å²) in [6.07, 6.45) is 16.3. The molecule has 0 rings (SSSR count). The normalized spacial score (nSPS) is 12.3. The molecule has 7 nitrogen and oxygen atoms in total. The Balaban J connectivity index is 0. The number of rotatable bonds is 16. The van der Waals surface area contributed by atoms with Crippen molar-refractivity contribution in [1.82, 2.24) is 0 Å². The summed E-state index contributed by atoms with van der Waals surface area (Å²) in [5, 5.41) is 18.4. The Hall–Kier alpha value is -0.460. The van der Waals surface area contributed by atoms with Crippen LogP contribution in [0.15, 0.2) is 0 Å². The second kappa shape index (κ2) is 19.3. The molecule has 0 saturated heterocycles. The van der Waals surface area contributed by atoms with Crippen LogP contribution >= 0.6 is 7.75 Å². The van der Waals surface area contributed by atoms with Crippen molar-refractivity contribution >= 4 is 13.7 Å².